The van der Waals surface area contributed by atoms with Crippen LogP contribution in [0.15, 0.2) is 60.9 Å². The number of aromatic amines is 1. The zero-order valence-electron chi connectivity index (χ0n) is 14.6. The van der Waals surface area contributed by atoms with Crippen molar-refractivity contribution < 1.29 is 4.79 Å². The predicted molar refractivity (Wildman–Crippen MR) is 101 cm³/mol. The molecule has 0 unspecified atom stereocenters. The molecule has 1 fully saturated rings. The molecule has 5 nitrogen and oxygen atoms in total. The second-order valence-electron chi connectivity index (χ2n) is 6.76. The molecule has 1 saturated heterocycles. The summed E-state index contributed by atoms with van der Waals surface area (Å²) in [6.45, 7) is 1.61. The summed E-state index contributed by atoms with van der Waals surface area (Å²) < 4.78 is 0. The van der Waals surface area contributed by atoms with E-state index in [1.54, 1.807) is 12.4 Å². The number of nitrogens with one attached hydrogen (secondary N) is 1. The van der Waals surface area contributed by atoms with E-state index in [0.29, 0.717) is 12.3 Å². The summed E-state index contributed by atoms with van der Waals surface area (Å²) in [7, 11) is 0. The molecule has 0 spiro atoms. The molecule has 1 amide bonds. The molecule has 0 bridgehead atoms. The molecule has 26 heavy (non-hydrogen) atoms. The third kappa shape index (κ3) is 3.67. The van der Waals surface area contributed by atoms with Gasteiger partial charge in [0.15, 0.2) is 0 Å². The molecular weight excluding hydrogens is 324 g/mol. The van der Waals surface area contributed by atoms with Gasteiger partial charge in [-0.15, -0.1) is 0 Å². The number of hydrogen-bond acceptors (Lipinski definition) is 3. The van der Waals surface area contributed by atoms with E-state index in [-0.39, 0.29) is 5.91 Å². The lowest BCUT2D eigenvalue weighted by molar-refractivity contribution is -0.131. The number of H-pyrrole nitrogens is 1. The average molecular weight is 346 g/mol. The van der Waals surface area contributed by atoms with Gasteiger partial charge in [-0.3, -0.25) is 14.9 Å². The van der Waals surface area contributed by atoms with Crippen molar-refractivity contribution in [3.05, 3.63) is 72.2 Å². The van der Waals surface area contributed by atoms with Crippen molar-refractivity contribution in [3.63, 3.8) is 0 Å². The minimum absolute atomic E-state index is 0.219. The summed E-state index contributed by atoms with van der Waals surface area (Å²) in [6.07, 6.45) is 5.99. The van der Waals surface area contributed by atoms with Gasteiger partial charge in [-0.1, -0.05) is 30.3 Å². The first-order chi connectivity index (χ1) is 12.8. The average Bonchev–Trinajstić information content (AvgIpc) is 3.20. The van der Waals surface area contributed by atoms with Crippen molar-refractivity contribution in [1.29, 1.82) is 0 Å². The van der Waals surface area contributed by atoms with Gasteiger partial charge in [0.2, 0.25) is 5.91 Å². The molecule has 1 aromatic carbocycles. The SMILES string of the molecule is O=C(Cc1ccccc1)N1CCC(c2cc(-c3ccncc3)n[nH]2)CC1. The van der Waals surface area contributed by atoms with Crippen LogP contribution in [0.2, 0.25) is 0 Å². The minimum atomic E-state index is 0.219. The first-order valence-corrected chi connectivity index (χ1v) is 9.07. The smallest absolute Gasteiger partial charge is 0.226 e. The largest absolute Gasteiger partial charge is 0.342 e. The number of rotatable bonds is 4. The molecular formula is C21H22N4O. The molecule has 5 heteroatoms. The van der Waals surface area contributed by atoms with E-state index >= 15 is 0 Å². The second-order valence-corrected chi connectivity index (χ2v) is 6.76. The van der Waals surface area contributed by atoms with E-state index < -0.39 is 0 Å². The molecule has 3 aromatic rings. The highest BCUT2D eigenvalue weighted by atomic mass is 16.2. The molecule has 0 radical (unpaired) electrons. The van der Waals surface area contributed by atoms with E-state index in [1.165, 1.54) is 0 Å². The van der Waals surface area contributed by atoms with Gasteiger partial charge in [0.25, 0.3) is 0 Å². The lowest BCUT2D eigenvalue weighted by Crippen LogP contribution is -2.38. The second kappa shape index (κ2) is 7.52. The maximum atomic E-state index is 12.5. The summed E-state index contributed by atoms with van der Waals surface area (Å²) in [6, 6.07) is 16.0. The Bertz CT molecular complexity index is 852. The number of piperidine rings is 1. The Labute approximate surface area is 153 Å². The first-order valence-electron chi connectivity index (χ1n) is 9.07. The third-order valence-corrected chi connectivity index (χ3v) is 5.06. The zero-order chi connectivity index (χ0) is 17.8. The van der Waals surface area contributed by atoms with Crippen LogP contribution in [0.5, 0.6) is 0 Å². The summed E-state index contributed by atoms with van der Waals surface area (Å²) >= 11 is 0. The van der Waals surface area contributed by atoms with Gasteiger partial charge in [-0.05, 0) is 36.6 Å². The number of amides is 1. The van der Waals surface area contributed by atoms with Gasteiger partial charge < -0.3 is 4.90 Å². The minimum Gasteiger partial charge on any atom is -0.342 e. The van der Waals surface area contributed by atoms with Crippen LogP contribution in [0, 0.1) is 0 Å². The maximum absolute atomic E-state index is 12.5. The lowest BCUT2D eigenvalue weighted by Gasteiger charge is -2.31. The van der Waals surface area contributed by atoms with Crippen molar-refractivity contribution in [2.45, 2.75) is 25.2 Å². The van der Waals surface area contributed by atoms with Gasteiger partial charge >= 0.3 is 0 Å². The van der Waals surface area contributed by atoms with Gasteiger partial charge in [-0.25, -0.2) is 0 Å². The van der Waals surface area contributed by atoms with Gasteiger partial charge in [-0.2, -0.15) is 5.10 Å². The van der Waals surface area contributed by atoms with Gasteiger partial charge in [0.1, 0.15) is 0 Å². The summed E-state index contributed by atoms with van der Waals surface area (Å²) in [5.74, 6) is 0.649. The zero-order valence-corrected chi connectivity index (χ0v) is 14.6. The fraction of sp³-hybridized carbons (Fsp3) is 0.286. The van der Waals surface area contributed by atoms with Crippen LogP contribution in [0.25, 0.3) is 11.3 Å². The highest BCUT2D eigenvalue weighted by Crippen LogP contribution is 2.29. The van der Waals surface area contributed by atoms with Crippen molar-refractivity contribution >= 4 is 5.91 Å². The van der Waals surface area contributed by atoms with Crippen molar-refractivity contribution in [1.82, 2.24) is 20.1 Å². The summed E-state index contributed by atoms with van der Waals surface area (Å²) in [5.41, 5.74) is 4.25. The lowest BCUT2D eigenvalue weighted by atomic mass is 9.93. The summed E-state index contributed by atoms with van der Waals surface area (Å²) in [4.78, 5) is 18.5. The maximum Gasteiger partial charge on any atom is 0.226 e. The normalized spacial score (nSPS) is 15.2. The number of nitrogens with zero attached hydrogens (tertiary/aromatic N) is 3. The van der Waals surface area contributed by atoms with Crippen molar-refractivity contribution in [2.24, 2.45) is 0 Å². The molecule has 4 rings (SSSR count). The molecule has 0 saturated carbocycles. The number of aromatic nitrogens is 3. The molecule has 1 aliphatic rings. The van der Waals surface area contributed by atoms with Gasteiger partial charge in [0, 0.05) is 42.7 Å². The van der Waals surface area contributed by atoms with Crippen LogP contribution < -0.4 is 0 Å². The van der Waals surface area contributed by atoms with Crippen LogP contribution in [-0.2, 0) is 11.2 Å². The Kier molecular flexibility index (Phi) is 4.78. The molecule has 0 atom stereocenters. The summed E-state index contributed by atoms with van der Waals surface area (Å²) in [5, 5.41) is 7.62. The monoisotopic (exact) mass is 346 g/mol. The number of benzene rings is 1. The number of carbonyl (C=O) groups is 1. The van der Waals surface area contributed by atoms with Crippen LogP contribution in [0.1, 0.15) is 30.0 Å². The molecule has 3 heterocycles. The Morgan fingerprint density at radius 1 is 1.08 bits per heavy atom. The van der Waals surface area contributed by atoms with Crippen LogP contribution in [-0.4, -0.2) is 39.1 Å². The Balaban J connectivity index is 1.35. The van der Waals surface area contributed by atoms with Crippen molar-refractivity contribution in [3.8, 4) is 11.3 Å². The quantitative estimate of drug-likeness (QED) is 0.787. The Hall–Kier alpha value is -2.95. The molecule has 1 aliphatic heterocycles. The molecule has 132 valence electrons. The Morgan fingerprint density at radius 2 is 1.81 bits per heavy atom. The molecule has 1 N–H and O–H groups in total. The van der Waals surface area contributed by atoms with Gasteiger partial charge in [0.05, 0.1) is 12.1 Å². The fourth-order valence-electron chi connectivity index (χ4n) is 3.54. The standard InChI is InChI=1S/C21H22N4O/c26-21(14-16-4-2-1-3-5-16)25-12-8-18(9-13-25)20-15-19(23-24-20)17-6-10-22-11-7-17/h1-7,10-11,15,18H,8-9,12-14H2,(H,23,24). The van der Waals surface area contributed by atoms with E-state index in [0.717, 1.165) is 48.4 Å². The van der Waals surface area contributed by atoms with E-state index in [9.17, 15) is 4.79 Å². The van der Waals surface area contributed by atoms with E-state index in [1.807, 2.05) is 47.4 Å². The van der Waals surface area contributed by atoms with Crippen LogP contribution in [0.3, 0.4) is 0 Å². The Morgan fingerprint density at radius 3 is 2.54 bits per heavy atom. The number of hydrogen-bond donors (Lipinski definition) is 1. The first kappa shape index (κ1) is 16.5. The van der Waals surface area contributed by atoms with Crippen LogP contribution >= 0.6 is 0 Å². The number of pyridine rings is 1. The molecule has 0 aliphatic carbocycles. The van der Waals surface area contributed by atoms with Crippen LogP contribution in [0.4, 0.5) is 0 Å². The highest BCUT2D eigenvalue weighted by molar-refractivity contribution is 5.78. The van der Waals surface area contributed by atoms with E-state index in [4.69, 9.17) is 0 Å². The third-order valence-electron chi connectivity index (χ3n) is 5.06. The highest BCUT2D eigenvalue weighted by Gasteiger charge is 2.25. The van der Waals surface area contributed by atoms with E-state index in [2.05, 4.69) is 21.2 Å². The fourth-order valence-corrected chi connectivity index (χ4v) is 3.54. The van der Waals surface area contributed by atoms with Crippen molar-refractivity contribution in [2.75, 3.05) is 13.1 Å². The molecule has 2 aromatic heterocycles. The predicted octanol–water partition coefficient (Wildman–Crippen LogP) is 3.42. The topological polar surface area (TPSA) is 61.9 Å². The number of carbonyl (C=O) groups excluding carboxylic acids is 1. The number of likely N-dealkylation sites (tertiary alicyclic amines) is 1.